The Morgan fingerprint density at radius 3 is 2.52 bits per heavy atom. The molecule has 0 saturated carbocycles. The normalized spacial score (nSPS) is 15.8. The predicted molar refractivity (Wildman–Crippen MR) is 86.8 cm³/mol. The third-order valence-corrected chi connectivity index (χ3v) is 3.61. The quantitative estimate of drug-likeness (QED) is 0.625. The van der Waals surface area contributed by atoms with Gasteiger partial charge in [0.25, 0.3) is 0 Å². The van der Waals surface area contributed by atoms with Crippen molar-refractivity contribution in [1.29, 1.82) is 0 Å². The topological polar surface area (TPSA) is 64.8 Å². The third kappa shape index (κ3) is 9.30. The van der Waals surface area contributed by atoms with Gasteiger partial charge in [-0.15, -0.1) is 12.4 Å². The Labute approximate surface area is 134 Å². The number of hydrogen-bond donors (Lipinski definition) is 1. The van der Waals surface area contributed by atoms with Gasteiger partial charge in [0.05, 0.1) is 6.10 Å². The molecular weight excluding hydrogens is 292 g/mol. The van der Waals surface area contributed by atoms with Crippen molar-refractivity contribution in [2.45, 2.75) is 51.6 Å². The summed E-state index contributed by atoms with van der Waals surface area (Å²) < 4.78 is 11.1. The molecule has 0 bridgehead atoms. The molecule has 1 amide bonds. The van der Waals surface area contributed by atoms with Crippen LogP contribution < -0.4 is 5.73 Å². The molecule has 5 nitrogen and oxygen atoms in total. The fourth-order valence-electron chi connectivity index (χ4n) is 2.31. The highest BCUT2D eigenvalue weighted by Crippen LogP contribution is 2.14. The molecule has 0 radical (unpaired) electrons. The summed E-state index contributed by atoms with van der Waals surface area (Å²) in [6, 6.07) is 0. The number of nitrogens with zero attached hydrogens (tertiary/aromatic N) is 1. The predicted octanol–water partition coefficient (Wildman–Crippen LogP) is 1.97. The fraction of sp³-hybridized carbons (Fsp3) is 0.933. The molecule has 0 spiro atoms. The van der Waals surface area contributed by atoms with Gasteiger partial charge in [-0.1, -0.05) is 19.8 Å². The lowest BCUT2D eigenvalue weighted by Gasteiger charge is -2.32. The molecule has 1 fully saturated rings. The molecule has 0 aromatic rings. The van der Waals surface area contributed by atoms with E-state index in [-0.39, 0.29) is 31.0 Å². The van der Waals surface area contributed by atoms with E-state index in [0.717, 1.165) is 45.4 Å². The Hall–Kier alpha value is -0.360. The van der Waals surface area contributed by atoms with Crippen molar-refractivity contribution in [3.63, 3.8) is 0 Å². The van der Waals surface area contributed by atoms with Crippen molar-refractivity contribution in [3.8, 4) is 0 Å². The van der Waals surface area contributed by atoms with Crippen LogP contribution in [-0.4, -0.2) is 56.4 Å². The van der Waals surface area contributed by atoms with Gasteiger partial charge in [0, 0.05) is 26.3 Å². The number of unbranched alkanes of at least 4 members (excludes halogenated alkanes) is 2. The SMILES string of the molecule is CCCCCOCC(=O)N1CCC(OCCCN)CC1.Cl. The second-order valence-electron chi connectivity index (χ2n) is 5.35. The summed E-state index contributed by atoms with van der Waals surface area (Å²) in [5.74, 6) is 0.113. The molecule has 1 rings (SSSR count). The van der Waals surface area contributed by atoms with Gasteiger partial charge in [0.15, 0.2) is 0 Å². The number of carbonyl (C=O) groups is 1. The Kier molecular flexibility index (Phi) is 13.1. The molecule has 0 atom stereocenters. The smallest absolute Gasteiger partial charge is 0.248 e. The van der Waals surface area contributed by atoms with E-state index in [1.54, 1.807) is 0 Å². The first-order valence-electron chi connectivity index (χ1n) is 7.95. The number of carbonyl (C=O) groups excluding carboxylic acids is 1. The lowest BCUT2D eigenvalue weighted by molar-refractivity contribution is -0.138. The molecule has 6 heteroatoms. The van der Waals surface area contributed by atoms with E-state index in [1.165, 1.54) is 12.8 Å². The van der Waals surface area contributed by atoms with Crippen LogP contribution in [0, 0.1) is 0 Å². The zero-order chi connectivity index (χ0) is 14.6. The van der Waals surface area contributed by atoms with E-state index >= 15 is 0 Å². The van der Waals surface area contributed by atoms with Crippen molar-refractivity contribution in [1.82, 2.24) is 4.90 Å². The average molecular weight is 323 g/mol. The van der Waals surface area contributed by atoms with Crippen LogP contribution in [0.5, 0.6) is 0 Å². The Balaban J connectivity index is 0.00000400. The van der Waals surface area contributed by atoms with Crippen LogP contribution in [0.1, 0.15) is 45.4 Å². The molecule has 1 aliphatic heterocycles. The molecule has 0 aromatic carbocycles. The summed E-state index contributed by atoms with van der Waals surface area (Å²) in [7, 11) is 0. The van der Waals surface area contributed by atoms with E-state index in [9.17, 15) is 4.79 Å². The summed E-state index contributed by atoms with van der Waals surface area (Å²) in [6.45, 7) is 6.04. The fourth-order valence-corrected chi connectivity index (χ4v) is 2.31. The number of ether oxygens (including phenoxy) is 2. The van der Waals surface area contributed by atoms with Crippen LogP contribution in [0.15, 0.2) is 0 Å². The number of piperidine rings is 1. The molecule has 126 valence electrons. The number of halogens is 1. The first-order chi connectivity index (χ1) is 9.77. The van der Waals surface area contributed by atoms with Gasteiger partial charge >= 0.3 is 0 Å². The zero-order valence-corrected chi connectivity index (χ0v) is 14.0. The maximum Gasteiger partial charge on any atom is 0.248 e. The van der Waals surface area contributed by atoms with E-state index in [2.05, 4.69) is 6.92 Å². The number of nitrogens with two attached hydrogens (primary N) is 1. The molecule has 21 heavy (non-hydrogen) atoms. The summed E-state index contributed by atoms with van der Waals surface area (Å²) in [4.78, 5) is 13.8. The molecule has 0 aromatic heterocycles. The number of rotatable bonds is 10. The lowest BCUT2D eigenvalue weighted by atomic mass is 10.1. The highest BCUT2D eigenvalue weighted by atomic mass is 35.5. The first kappa shape index (κ1) is 20.6. The van der Waals surface area contributed by atoms with Gasteiger partial charge in [0.1, 0.15) is 6.61 Å². The summed E-state index contributed by atoms with van der Waals surface area (Å²) in [5.41, 5.74) is 5.44. The van der Waals surface area contributed by atoms with E-state index in [0.29, 0.717) is 13.2 Å². The lowest BCUT2D eigenvalue weighted by Crippen LogP contribution is -2.42. The Morgan fingerprint density at radius 1 is 1.19 bits per heavy atom. The summed E-state index contributed by atoms with van der Waals surface area (Å²) in [6.07, 6.45) is 6.43. The monoisotopic (exact) mass is 322 g/mol. The van der Waals surface area contributed by atoms with Crippen LogP contribution in [-0.2, 0) is 14.3 Å². The Bertz CT molecular complexity index is 259. The average Bonchev–Trinajstić information content (AvgIpc) is 2.48. The second kappa shape index (κ2) is 13.3. The number of hydrogen-bond acceptors (Lipinski definition) is 4. The van der Waals surface area contributed by atoms with Crippen LogP contribution >= 0.6 is 12.4 Å². The largest absolute Gasteiger partial charge is 0.378 e. The van der Waals surface area contributed by atoms with E-state index < -0.39 is 0 Å². The van der Waals surface area contributed by atoms with Crippen molar-refractivity contribution in [3.05, 3.63) is 0 Å². The Morgan fingerprint density at radius 2 is 1.90 bits per heavy atom. The standard InChI is InChI=1S/C15H30N2O3.ClH/c1-2-3-4-11-19-13-15(18)17-9-6-14(7-10-17)20-12-5-8-16;/h14H,2-13,16H2,1H3;1H. The minimum Gasteiger partial charge on any atom is -0.378 e. The van der Waals surface area contributed by atoms with Crippen LogP contribution in [0.25, 0.3) is 0 Å². The van der Waals surface area contributed by atoms with Crippen LogP contribution in [0.2, 0.25) is 0 Å². The number of amides is 1. The maximum atomic E-state index is 11.9. The highest BCUT2D eigenvalue weighted by molar-refractivity contribution is 5.85. The van der Waals surface area contributed by atoms with Gasteiger partial charge in [-0.05, 0) is 32.2 Å². The summed E-state index contributed by atoms with van der Waals surface area (Å²) in [5, 5.41) is 0. The van der Waals surface area contributed by atoms with Crippen molar-refractivity contribution in [2.24, 2.45) is 5.73 Å². The van der Waals surface area contributed by atoms with Gasteiger partial charge in [0.2, 0.25) is 5.91 Å². The van der Waals surface area contributed by atoms with Crippen molar-refractivity contribution in [2.75, 3.05) is 39.5 Å². The third-order valence-electron chi connectivity index (χ3n) is 3.61. The van der Waals surface area contributed by atoms with Crippen LogP contribution in [0.3, 0.4) is 0 Å². The number of likely N-dealkylation sites (tertiary alicyclic amines) is 1. The van der Waals surface area contributed by atoms with Crippen LogP contribution in [0.4, 0.5) is 0 Å². The minimum atomic E-state index is 0. The zero-order valence-electron chi connectivity index (χ0n) is 13.2. The molecule has 1 aliphatic rings. The van der Waals surface area contributed by atoms with Gasteiger partial charge < -0.3 is 20.1 Å². The second-order valence-corrected chi connectivity index (χ2v) is 5.35. The first-order valence-corrected chi connectivity index (χ1v) is 7.95. The van der Waals surface area contributed by atoms with Gasteiger partial charge in [-0.2, -0.15) is 0 Å². The molecule has 1 heterocycles. The van der Waals surface area contributed by atoms with E-state index in [4.69, 9.17) is 15.2 Å². The molecule has 1 saturated heterocycles. The van der Waals surface area contributed by atoms with Gasteiger partial charge in [-0.3, -0.25) is 4.79 Å². The molecule has 2 N–H and O–H groups in total. The van der Waals surface area contributed by atoms with Crippen molar-refractivity contribution < 1.29 is 14.3 Å². The van der Waals surface area contributed by atoms with E-state index in [1.807, 2.05) is 4.90 Å². The molecular formula is C15H31ClN2O3. The van der Waals surface area contributed by atoms with Crippen molar-refractivity contribution >= 4 is 18.3 Å². The molecule has 0 unspecified atom stereocenters. The minimum absolute atomic E-state index is 0. The maximum absolute atomic E-state index is 11.9. The highest BCUT2D eigenvalue weighted by Gasteiger charge is 2.22. The summed E-state index contributed by atoms with van der Waals surface area (Å²) >= 11 is 0. The van der Waals surface area contributed by atoms with Gasteiger partial charge in [-0.25, -0.2) is 0 Å². The molecule has 0 aliphatic carbocycles.